The van der Waals surface area contributed by atoms with Crippen LogP contribution in [0.4, 0.5) is 20.2 Å². The van der Waals surface area contributed by atoms with Crippen molar-refractivity contribution in [1.29, 1.82) is 0 Å². The van der Waals surface area contributed by atoms with E-state index in [-0.39, 0.29) is 6.04 Å². The van der Waals surface area contributed by atoms with Crippen molar-refractivity contribution in [1.82, 2.24) is 4.98 Å². The molecular weight excluding hydrogens is 268 g/mol. The summed E-state index contributed by atoms with van der Waals surface area (Å²) in [6, 6.07) is 6.02. The first-order valence-corrected chi connectivity index (χ1v) is 5.79. The van der Waals surface area contributed by atoms with E-state index in [1.165, 1.54) is 18.2 Å². The molecule has 1 unspecified atom stereocenters. The first-order chi connectivity index (χ1) is 9.47. The molecule has 0 fully saturated rings. The van der Waals surface area contributed by atoms with Crippen LogP contribution in [0, 0.1) is 21.7 Å². The number of nitrogens with zero attached hydrogens (tertiary/aromatic N) is 2. The summed E-state index contributed by atoms with van der Waals surface area (Å²) in [6.07, 6.45) is 1.09. The lowest BCUT2D eigenvalue weighted by Crippen LogP contribution is -2.09. The third-order valence-electron chi connectivity index (χ3n) is 2.72. The van der Waals surface area contributed by atoms with Crippen LogP contribution in [0.3, 0.4) is 0 Å². The molecule has 1 aromatic heterocycles. The topological polar surface area (TPSA) is 68.1 Å². The van der Waals surface area contributed by atoms with E-state index >= 15 is 0 Å². The van der Waals surface area contributed by atoms with Crippen molar-refractivity contribution >= 4 is 11.4 Å². The number of halogens is 2. The smallest absolute Gasteiger partial charge is 0.304 e. The van der Waals surface area contributed by atoms with Gasteiger partial charge >= 0.3 is 5.69 Å². The van der Waals surface area contributed by atoms with Gasteiger partial charge in [0.1, 0.15) is 5.82 Å². The Morgan fingerprint density at radius 2 is 2.05 bits per heavy atom. The standard InChI is InChI=1S/C13H11F2N3O2/c1-8(12-4-2-9(14)7-16-12)17-10-3-5-13(18(19)20)11(15)6-10/h2-8,17H,1H3. The second-order valence-electron chi connectivity index (χ2n) is 4.19. The molecular formula is C13H11F2N3O2. The fourth-order valence-corrected chi connectivity index (χ4v) is 1.71. The molecule has 2 aromatic rings. The van der Waals surface area contributed by atoms with E-state index in [0.29, 0.717) is 11.4 Å². The number of benzene rings is 1. The Kier molecular flexibility index (Phi) is 3.88. The van der Waals surface area contributed by atoms with Gasteiger partial charge in [-0.1, -0.05) is 0 Å². The molecule has 0 aliphatic heterocycles. The van der Waals surface area contributed by atoms with E-state index in [1.807, 2.05) is 0 Å². The van der Waals surface area contributed by atoms with Crippen LogP contribution >= 0.6 is 0 Å². The van der Waals surface area contributed by atoms with Crippen molar-refractivity contribution in [3.63, 3.8) is 0 Å². The van der Waals surface area contributed by atoms with Crippen molar-refractivity contribution in [3.8, 4) is 0 Å². The van der Waals surface area contributed by atoms with E-state index in [9.17, 15) is 18.9 Å². The molecule has 0 spiro atoms. The van der Waals surface area contributed by atoms with Crippen molar-refractivity contribution in [2.45, 2.75) is 13.0 Å². The molecule has 1 heterocycles. The summed E-state index contributed by atoms with van der Waals surface area (Å²) in [5.41, 5.74) is 0.375. The van der Waals surface area contributed by atoms with Gasteiger partial charge in [-0.2, -0.15) is 4.39 Å². The first-order valence-electron chi connectivity index (χ1n) is 5.79. The Morgan fingerprint density at radius 1 is 1.30 bits per heavy atom. The highest BCUT2D eigenvalue weighted by Gasteiger charge is 2.15. The normalized spacial score (nSPS) is 11.9. The van der Waals surface area contributed by atoms with Crippen molar-refractivity contribution in [3.05, 3.63) is 64.0 Å². The van der Waals surface area contributed by atoms with Crippen LogP contribution in [-0.2, 0) is 0 Å². The van der Waals surface area contributed by atoms with Gasteiger partial charge in [0, 0.05) is 17.8 Å². The van der Waals surface area contributed by atoms with E-state index in [1.54, 1.807) is 6.92 Å². The second-order valence-corrected chi connectivity index (χ2v) is 4.19. The minimum absolute atomic E-state index is 0.295. The average molecular weight is 279 g/mol. The quantitative estimate of drug-likeness (QED) is 0.687. The number of nitrogens with one attached hydrogen (secondary N) is 1. The van der Waals surface area contributed by atoms with Crippen molar-refractivity contribution in [2.24, 2.45) is 0 Å². The maximum absolute atomic E-state index is 13.5. The molecule has 0 radical (unpaired) electrons. The summed E-state index contributed by atoms with van der Waals surface area (Å²) in [4.78, 5) is 13.6. The average Bonchev–Trinajstić information content (AvgIpc) is 2.39. The maximum atomic E-state index is 13.5. The van der Waals surface area contributed by atoms with Crippen LogP contribution in [-0.4, -0.2) is 9.91 Å². The SMILES string of the molecule is CC(Nc1ccc([N+](=O)[O-])c(F)c1)c1ccc(F)cn1. The predicted octanol–water partition coefficient (Wildman–Crippen LogP) is 3.44. The molecule has 7 heteroatoms. The summed E-state index contributed by atoms with van der Waals surface area (Å²) in [6.45, 7) is 1.76. The maximum Gasteiger partial charge on any atom is 0.304 e. The van der Waals surface area contributed by atoms with Gasteiger partial charge in [0.25, 0.3) is 0 Å². The van der Waals surface area contributed by atoms with Crippen LogP contribution < -0.4 is 5.32 Å². The number of hydrogen-bond donors (Lipinski definition) is 1. The van der Waals surface area contributed by atoms with Gasteiger partial charge in [0.2, 0.25) is 5.82 Å². The minimum atomic E-state index is -0.917. The first kappa shape index (κ1) is 13.9. The molecule has 0 aliphatic carbocycles. The number of nitro groups is 1. The summed E-state index contributed by atoms with van der Waals surface area (Å²) < 4.78 is 26.2. The lowest BCUT2D eigenvalue weighted by atomic mass is 10.2. The predicted molar refractivity (Wildman–Crippen MR) is 69.3 cm³/mol. The fourth-order valence-electron chi connectivity index (χ4n) is 1.71. The molecule has 1 N–H and O–H groups in total. The van der Waals surface area contributed by atoms with E-state index in [2.05, 4.69) is 10.3 Å². The monoisotopic (exact) mass is 279 g/mol. The number of hydrogen-bond acceptors (Lipinski definition) is 4. The molecule has 104 valence electrons. The lowest BCUT2D eigenvalue weighted by Gasteiger charge is -2.14. The number of anilines is 1. The zero-order valence-corrected chi connectivity index (χ0v) is 10.5. The third-order valence-corrected chi connectivity index (χ3v) is 2.72. The molecule has 2 rings (SSSR count). The Hall–Kier alpha value is -2.57. The Balaban J connectivity index is 2.15. The zero-order valence-electron chi connectivity index (χ0n) is 10.5. The highest BCUT2D eigenvalue weighted by atomic mass is 19.1. The number of aromatic nitrogens is 1. The summed E-state index contributed by atoms with van der Waals surface area (Å²) >= 11 is 0. The van der Waals surface area contributed by atoms with E-state index in [4.69, 9.17) is 0 Å². The molecule has 0 saturated carbocycles. The van der Waals surface area contributed by atoms with E-state index in [0.717, 1.165) is 18.3 Å². The highest BCUT2D eigenvalue weighted by Crippen LogP contribution is 2.23. The van der Waals surface area contributed by atoms with Gasteiger partial charge in [-0.3, -0.25) is 15.1 Å². The number of nitro benzene ring substituents is 1. The number of pyridine rings is 1. The van der Waals surface area contributed by atoms with Crippen molar-refractivity contribution < 1.29 is 13.7 Å². The van der Waals surface area contributed by atoms with Crippen LogP contribution in [0.2, 0.25) is 0 Å². The molecule has 0 saturated heterocycles. The van der Waals surface area contributed by atoms with Crippen LogP contribution in [0.1, 0.15) is 18.7 Å². The van der Waals surface area contributed by atoms with Gasteiger partial charge in [0.15, 0.2) is 0 Å². The zero-order chi connectivity index (χ0) is 14.7. The van der Waals surface area contributed by atoms with Crippen LogP contribution in [0.5, 0.6) is 0 Å². The van der Waals surface area contributed by atoms with Crippen molar-refractivity contribution in [2.75, 3.05) is 5.32 Å². The highest BCUT2D eigenvalue weighted by molar-refractivity contribution is 5.50. The van der Waals surface area contributed by atoms with Gasteiger partial charge in [-0.05, 0) is 25.1 Å². The fraction of sp³-hybridized carbons (Fsp3) is 0.154. The Labute approximate surface area is 113 Å². The van der Waals surface area contributed by atoms with Crippen LogP contribution in [0.15, 0.2) is 36.5 Å². The number of rotatable bonds is 4. The van der Waals surface area contributed by atoms with E-state index < -0.39 is 22.2 Å². The van der Waals surface area contributed by atoms with Gasteiger partial charge in [0.05, 0.1) is 22.9 Å². The lowest BCUT2D eigenvalue weighted by molar-refractivity contribution is -0.387. The summed E-state index contributed by atoms with van der Waals surface area (Å²) in [5, 5.41) is 13.4. The molecule has 0 aliphatic rings. The van der Waals surface area contributed by atoms with Crippen LogP contribution in [0.25, 0.3) is 0 Å². The molecule has 1 atom stereocenters. The summed E-state index contributed by atoms with van der Waals surface area (Å²) in [7, 11) is 0. The van der Waals surface area contributed by atoms with Gasteiger partial charge < -0.3 is 5.32 Å². The second kappa shape index (κ2) is 5.60. The summed E-state index contributed by atoms with van der Waals surface area (Å²) in [5.74, 6) is -1.36. The Bertz CT molecular complexity index is 632. The van der Waals surface area contributed by atoms with Gasteiger partial charge in [-0.25, -0.2) is 4.39 Å². The third kappa shape index (κ3) is 3.05. The molecule has 5 nitrogen and oxygen atoms in total. The minimum Gasteiger partial charge on any atom is -0.377 e. The Morgan fingerprint density at radius 3 is 2.60 bits per heavy atom. The molecule has 0 bridgehead atoms. The molecule has 0 amide bonds. The molecule has 1 aromatic carbocycles. The molecule has 20 heavy (non-hydrogen) atoms. The van der Waals surface area contributed by atoms with Gasteiger partial charge in [-0.15, -0.1) is 0 Å². The largest absolute Gasteiger partial charge is 0.377 e.